The van der Waals surface area contributed by atoms with Crippen molar-refractivity contribution in [2.45, 2.75) is 116 Å². The Morgan fingerprint density at radius 2 is 1.09 bits per heavy atom. The van der Waals surface area contributed by atoms with Gasteiger partial charge in [-0.1, -0.05) is 106 Å². The van der Waals surface area contributed by atoms with E-state index in [0.717, 1.165) is 18.4 Å². The molecule has 0 rings (SSSR count). The minimum atomic E-state index is 0.483. The largest absolute Gasteiger partial charge is 0.378 e. The molecule has 0 spiro atoms. The quantitative estimate of drug-likeness (QED) is 0.176. The van der Waals surface area contributed by atoms with Gasteiger partial charge in [-0.15, -0.1) is 0 Å². The van der Waals surface area contributed by atoms with Gasteiger partial charge < -0.3 is 4.74 Å². The molecule has 2 heteroatoms. The molecule has 0 bridgehead atoms. The molecule has 1 atom stereocenters. The molecule has 0 aromatic rings. The summed E-state index contributed by atoms with van der Waals surface area (Å²) in [6, 6.07) is 0. The highest BCUT2D eigenvalue weighted by molar-refractivity contribution is 9.09. The standard InChI is InChI=1S/C20H41BrO/c1-3-5-6-7-8-9-10-11-12-13-14-15-16-17-20(18-19-21)22-4-2/h20H,3-19H2,1-2H3. The van der Waals surface area contributed by atoms with E-state index in [-0.39, 0.29) is 0 Å². The van der Waals surface area contributed by atoms with Crippen LogP contribution in [0.1, 0.15) is 110 Å². The van der Waals surface area contributed by atoms with Gasteiger partial charge in [0.15, 0.2) is 0 Å². The highest BCUT2D eigenvalue weighted by Crippen LogP contribution is 2.15. The lowest BCUT2D eigenvalue weighted by atomic mass is 10.0. The highest BCUT2D eigenvalue weighted by Gasteiger charge is 2.06. The number of unbranched alkanes of at least 4 members (excludes halogenated alkanes) is 12. The number of hydrogen-bond acceptors (Lipinski definition) is 1. The Hall–Kier alpha value is 0.440. The summed E-state index contributed by atoms with van der Waals surface area (Å²) in [7, 11) is 0. The summed E-state index contributed by atoms with van der Waals surface area (Å²) in [5.41, 5.74) is 0. The Labute approximate surface area is 149 Å². The highest BCUT2D eigenvalue weighted by atomic mass is 79.9. The van der Waals surface area contributed by atoms with Crippen LogP contribution >= 0.6 is 15.9 Å². The molecule has 0 aliphatic heterocycles. The molecule has 0 aliphatic rings. The molecule has 0 aromatic heterocycles. The van der Waals surface area contributed by atoms with Crippen molar-refractivity contribution in [3.8, 4) is 0 Å². The van der Waals surface area contributed by atoms with Gasteiger partial charge in [-0.2, -0.15) is 0 Å². The molecule has 0 saturated heterocycles. The topological polar surface area (TPSA) is 9.23 Å². The van der Waals surface area contributed by atoms with Crippen LogP contribution in [0.2, 0.25) is 0 Å². The first-order chi connectivity index (χ1) is 10.8. The Bertz CT molecular complexity index is 190. The molecule has 1 nitrogen and oxygen atoms in total. The van der Waals surface area contributed by atoms with Crippen molar-refractivity contribution in [3.05, 3.63) is 0 Å². The lowest BCUT2D eigenvalue weighted by molar-refractivity contribution is 0.0533. The summed E-state index contributed by atoms with van der Waals surface area (Å²) in [5, 5.41) is 1.07. The van der Waals surface area contributed by atoms with E-state index < -0.39 is 0 Å². The molecule has 1 unspecified atom stereocenters. The number of ether oxygens (including phenoxy) is 1. The monoisotopic (exact) mass is 376 g/mol. The molecule has 0 aromatic carbocycles. The van der Waals surface area contributed by atoms with Crippen molar-refractivity contribution in [3.63, 3.8) is 0 Å². The van der Waals surface area contributed by atoms with E-state index in [1.165, 1.54) is 89.9 Å². The Morgan fingerprint density at radius 1 is 0.636 bits per heavy atom. The fourth-order valence-corrected chi connectivity index (χ4v) is 3.57. The van der Waals surface area contributed by atoms with Gasteiger partial charge in [0, 0.05) is 11.9 Å². The molecule has 0 amide bonds. The third-order valence-electron chi connectivity index (χ3n) is 4.46. The maximum atomic E-state index is 5.76. The predicted octanol–water partition coefficient (Wildman–Crippen LogP) is 7.66. The van der Waals surface area contributed by atoms with E-state index in [1.807, 2.05) is 0 Å². The second kappa shape index (κ2) is 19.5. The van der Waals surface area contributed by atoms with Crippen molar-refractivity contribution in [2.24, 2.45) is 0 Å². The first kappa shape index (κ1) is 22.4. The average molecular weight is 377 g/mol. The normalized spacial score (nSPS) is 12.7. The fraction of sp³-hybridized carbons (Fsp3) is 1.00. The van der Waals surface area contributed by atoms with Crippen molar-refractivity contribution in [2.75, 3.05) is 11.9 Å². The molecule has 0 radical (unpaired) electrons. The third-order valence-corrected chi connectivity index (χ3v) is 4.92. The average Bonchev–Trinajstić information content (AvgIpc) is 2.52. The summed E-state index contributed by atoms with van der Waals surface area (Å²) >= 11 is 3.52. The van der Waals surface area contributed by atoms with E-state index in [9.17, 15) is 0 Å². The van der Waals surface area contributed by atoms with Gasteiger partial charge >= 0.3 is 0 Å². The Balaban J connectivity index is 3.16. The van der Waals surface area contributed by atoms with E-state index in [4.69, 9.17) is 4.74 Å². The maximum Gasteiger partial charge on any atom is 0.0583 e. The minimum Gasteiger partial charge on any atom is -0.378 e. The van der Waals surface area contributed by atoms with E-state index >= 15 is 0 Å². The molecule has 0 aliphatic carbocycles. The molecule has 22 heavy (non-hydrogen) atoms. The number of hydrogen-bond donors (Lipinski definition) is 0. The zero-order valence-electron chi connectivity index (χ0n) is 15.4. The molecule has 0 N–H and O–H groups in total. The van der Waals surface area contributed by atoms with E-state index in [2.05, 4.69) is 29.8 Å². The molecular formula is C20H41BrO. The number of alkyl halides is 1. The summed E-state index contributed by atoms with van der Waals surface area (Å²) in [4.78, 5) is 0. The van der Waals surface area contributed by atoms with Crippen LogP contribution in [-0.4, -0.2) is 18.0 Å². The molecule has 0 heterocycles. The van der Waals surface area contributed by atoms with Crippen LogP contribution < -0.4 is 0 Å². The minimum absolute atomic E-state index is 0.483. The first-order valence-corrected chi connectivity index (χ1v) is 11.1. The van der Waals surface area contributed by atoms with E-state index in [1.54, 1.807) is 0 Å². The van der Waals surface area contributed by atoms with Crippen molar-refractivity contribution in [1.29, 1.82) is 0 Å². The van der Waals surface area contributed by atoms with Gasteiger partial charge in [-0.05, 0) is 19.8 Å². The van der Waals surface area contributed by atoms with Crippen LogP contribution in [0.3, 0.4) is 0 Å². The van der Waals surface area contributed by atoms with Crippen molar-refractivity contribution >= 4 is 15.9 Å². The molecule has 0 saturated carbocycles. The van der Waals surface area contributed by atoms with Gasteiger partial charge in [-0.25, -0.2) is 0 Å². The van der Waals surface area contributed by atoms with Crippen LogP contribution in [0.15, 0.2) is 0 Å². The van der Waals surface area contributed by atoms with Crippen molar-refractivity contribution < 1.29 is 4.74 Å². The van der Waals surface area contributed by atoms with Gasteiger partial charge in [0.2, 0.25) is 0 Å². The SMILES string of the molecule is CCCCCCCCCCCCCCCC(CCBr)OCC. The number of rotatable bonds is 18. The second-order valence-corrected chi connectivity index (χ2v) is 7.38. The number of halogens is 1. The van der Waals surface area contributed by atoms with Crippen LogP contribution in [0.5, 0.6) is 0 Å². The zero-order chi connectivity index (χ0) is 16.3. The summed E-state index contributed by atoms with van der Waals surface area (Å²) in [6.45, 7) is 5.25. The summed E-state index contributed by atoms with van der Waals surface area (Å²) < 4.78 is 5.76. The predicted molar refractivity (Wildman–Crippen MR) is 104 cm³/mol. The van der Waals surface area contributed by atoms with Crippen LogP contribution in [0.4, 0.5) is 0 Å². The fourth-order valence-electron chi connectivity index (χ4n) is 3.06. The summed E-state index contributed by atoms with van der Waals surface area (Å²) in [5.74, 6) is 0. The molecule has 134 valence electrons. The zero-order valence-corrected chi connectivity index (χ0v) is 17.0. The molecular weight excluding hydrogens is 336 g/mol. The van der Waals surface area contributed by atoms with Gasteiger partial charge in [-0.3, -0.25) is 0 Å². The summed E-state index contributed by atoms with van der Waals surface area (Å²) in [6.07, 6.45) is 21.5. The van der Waals surface area contributed by atoms with Gasteiger partial charge in [0.05, 0.1) is 6.10 Å². The lowest BCUT2D eigenvalue weighted by Crippen LogP contribution is -2.13. The van der Waals surface area contributed by atoms with Crippen LogP contribution in [0, 0.1) is 0 Å². The van der Waals surface area contributed by atoms with Crippen LogP contribution in [0.25, 0.3) is 0 Å². The lowest BCUT2D eigenvalue weighted by Gasteiger charge is -2.15. The van der Waals surface area contributed by atoms with Gasteiger partial charge in [0.25, 0.3) is 0 Å². The Morgan fingerprint density at radius 3 is 1.50 bits per heavy atom. The van der Waals surface area contributed by atoms with Gasteiger partial charge in [0.1, 0.15) is 0 Å². The smallest absolute Gasteiger partial charge is 0.0583 e. The molecule has 0 fully saturated rings. The Kier molecular flexibility index (Phi) is 19.9. The first-order valence-electron chi connectivity index (χ1n) is 10.0. The maximum absolute atomic E-state index is 5.76. The van der Waals surface area contributed by atoms with E-state index in [0.29, 0.717) is 6.10 Å². The second-order valence-electron chi connectivity index (χ2n) is 6.59. The van der Waals surface area contributed by atoms with Crippen molar-refractivity contribution in [1.82, 2.24) is 0 Å². The van der Waals surface area contributed by atoms with Crippen LogP contribution in [-0.2, 0) is 4.74 Å². The third kappa shape index (κ3) is 16.8.